The summed E-state index contributed by atoms with van der Waals surface area (Å²) < 4.78 is 47.2. The first-order chi connectivity index (χ1) is 33.8. The van der Waals surface area contributed by atoms with Crippen molar-refractivity contribution in [1.29, 1.82) is 5.26 Å². The molecule has 12 aromatic rings. The van der Waals surface area contributed by atoms with Gasteiger partial charge in [-0.3, -0.25) is 0 Å². The maximum Gasteiger partial charge on any atom is 0.164 e. The van der Waals surface area contributed by atoms with E-state index in [9.17, 15) is 5.26 Å². The van der Waals surface area contributed by atoms with Gasteiger partial charge in [0.05, 0.1) is 40.2 Å². The molecule has 0 bridgehead atoms. The zero-order chi connectivity index (χ0) is 46.9. The van der Waals surface area contributed by atoms with Gasteiger partial charge < -0.3 is 9.13 Å². The van der Waals surface area contributed by atoms with E-state index < -0.39 is 18.1 Å². The highest BCUT2D eigenvalue weighted by Crippen LogP contribution is 2.43. The van der Waals surface area contributed by atoms with E-state index in [1.165, 1.54) is 0 Å². The number of fused-ring (bicyclic) bond motifs is 7. The van der Waals surface area contributed by atoms with Crippen LogP contribution < -0.4 is 0 Å². The van der Waals surface area contributed by atoms with Crippen LogP contribution in [0.2, 0.25) is 0 Å². The van der Waals surface area contributed by atoms with Gasteiger partial charge in [-0.1, -0.05) is 170 Å². The summed E-state index contributed by atoms with van der Waals surface area (Å²) in [6.07, 6.45) is 0. The van der Waals surface area contributed by atoms with Gasteiger partial charge in [-0.15, -0.1) is 0 Å². The average molecular weight is 822 g/mol. The quantitative estimate of drug-likeness (QED) is 0.160. The zero-order valence-electron chi connectivity index (χ0n) is 39.1. The van der Waals surface area contributed by atoms with E-state index in [1.807, 2.05) is 133 Å². The Bertz CT molecular complexity index is 3940. The molecule has 0 aliphatic rings. The largest absolute Gasteiger partial charge is 0.309 e. The maximum atomic E-state index is 11.1. The van der Waals surface area contributed by atoms with Crippen molar-refractivity contribution in [2.45, 2.75) is 0 Å². The van der Waals surface area contributed by atoms with Crippen LogP contribution in [0, 0.1) is 11.3 Å². The molecule has 0 radical (unpaired) electrons. The minimum absolute atomic E-state index is 0.0617. The Hall–Kier alpha value is -8.92. The molecule has 0 fully saturated rings. The average Bonchev–Trinajstić information content (AvgIpc) is 3.93. The van der Waals surface area contributed by atoms with Gasteiger partial charge >= 0.3 is 0 Å². The number of hydrogen-bond acceptors (Lipinski definition) is 4. The van der Waals surface area contributed by atoms with Crippen LogP contribution in [0.3, 0.4) is 0 Å². The third-order valence-corrected chi connectivity index (χ3v) is 11.9. The van der Waals surface area contributed by atoms with Gasteiger partial charge in [0.2, 0.25) is 0 Å². The van der Waals surface area contributed by atoms with Crippen molar-refractivity contribution in [3.63, 3.8) is 0 Å². The highest BCUT2D eigenvalue weighted by atomic mass is 15.0. The third kappa shape index (κ3) is 6.14. The van der Waals surface area contributed by atoms with Gasteiger partial charge in [-0.25, -0.2) is 15.0 Å². The first-order valence-electron chi connectivity index (χ1n) is 23.4. The molecular weight excluding hydrogens is 781 g/mol. The second-order valence-electron chi connectivity index (χ2n) is 15.6. The lowest BCUT2D eigenvalue weighted by Crippen LogP contribution is -2.02. The van der Waals surface area contributed by atoms with Crippen molar-refractivity contribution in [3.05, 3.63) is 224 Å². The molecule has 6 heteroatoms. The van der Waals surface area contributed by atoms with Crippen LogP contribution in [0.5, 0.6) is 0 Å². The van der Waals surface area contributed by atoms with Crippen molar-refractivity contribution >= 4 is 43.6 Å². The molecule has 0 unspecified atom stereocenters. The number of para-hydroxylation sites is 3. The predicted molar refractivity (Wildman–Crippen MR) is 260 cm³/mol. The number of nitriles is 1. The zero-order valence-corrected chi connectivity index (χ0v) is 34.1. The molecule has 0 N–H and O–H groups in total. The number of benzene rings is 9. The van der Waals surface area contributed by atoms with Crippen LogP contribution in [0.15, 0.2) is 218 Å². The second-order valence-corrected chi connectivity index (χ2v) is 15.6. The molecule has 12 rings (SSSR count). The highest BCUT2D eigenvalue weighted by molar-refractivity contribution is 6.26. The minimum atomic E-state index is -0.455. The van der Waals surface area contributed by atoms with Gasteiger partial charge in [0.15, 0.2) is 17.5 Å². The summed E-state index contributed by atoms with van der Waals surface area (Å²) in [6, 6.07) is 62.7. The number of nitrogens with zero attached hydrogens (tertiary/aromatic N) is 6. The fraction of sp³-hybridized carbons (Fsp3) is 0. The topological polar surface area (TPSA) is 72.3 Å². The molecule has 0 spiro atoms. The summed E-state index contributed by atoms with van der Waals surface area (Å²) in [5.41, 5.74) is 10.7. The summed E-state index contributed by atoms with van der Waals surface area (Å²) in [5.74, 6) is 1.39. The van der Waals surface area contributed by atoms with Crippen LogP contribution in [0.25, 0.3) is 111 Å². The van der Waals surface area contributed by atoms with Crippen LogP contribution in [-0.4, -0.2) is 24.1 Å². The van der Waals surface area contributed by atoms with Crippen molar-refractivity contribution in [2.24, 2.45) is 0 Å². The summed E-state index contributed by atoms with van der Waals surface area (Å²) >= 11 is 0. The number of rotatable bonds is 7. The number of aromatic nitrogens is 5. The van der Waals surface area contributed by atoms with Crippen LogP contribution >= 0.6 is 0 Å². The Labute approximate surface area is 376 Å². The van der Waals surface area contributed by atoms with E-state index in [-0.39, 0.29) is 17.8 Å². The minimum Gasteiger partial charge on any atom is -0.309 e. The van der Waals surface area contributed by atoms with E-state index in [1.54, 1.807) is 4.57 Å². The van der Waals surface area contributed by atoms with E-state index in [0.29, 0.717) is 45.3 Å². The molecule has 0 atom stereocenters. The lowest BCUT2D eigenvalue weighted by atomic mass is 10.0. The van der Waals surface area contributed by atoms with E-state index in [4.69, 9.17) is 21.8 Å². The van der Waals surface area contributed by atoms with Crippen molar-refractivity contribution in [1.82, 2.24) is 24.1 Å². The molecule has 3 aromatic heterocycles. The predicted octanol–water partition coefficient (Wildman–Crippen LogP) is 14.3. The molecule has 0 saturated heterocycles. The maximum absolute atomic E-state index is 11.1. The molecule has 298 valence electrons. The monoisotopic (exact) mass is 821 g/mol. The van der Waals surface area contributed by atoms with Gasteiger partial charge in [-0.05, 0) is 70.7 Å². The SMILES string of the molecule is [2H]c1c([2H])c([2H])c(-n2c3ccccc3c3c2ccc2c4ccccc4n(-c4ccc(-c5nc(-c6ccc(-c7ccccc7)cc6)nc(-c6ccc(-c7ccccc7)cc6)n5)cc4C#N)c23)c([2H])c1[2H]. The third-order valence-electron chi connectivity index (χ3n) is 11.9. The summed E-state index contributed by atoms with van der Waals surface area (Å²) in [7, 11) is 0. The van der Waals surface area contributed by atoms with Gasteiger partial charge in [-0.2, -0.15) is 5.26 Å². The Morgan fingerprint density at radius 1 is 0.406 bits per heavy atom. The summed E-state index contributed by atoms with van der Waals surface area (Å²) in [4.78, 5) is 15.2. The standard InChI is InChI=1S/C58H36N6/c59-37-45-36-44(58-61-56(42-28-24-40(25-29-42)38-14-4-1-5-15-38)60-57(62-58)43-30-26-41(27-31-43)39-16-6-2-7-17-39)32-34-50(45)64-51-22-12-10-20-47(51)48-33-35-53-54(55(48)64)49-21-11-13-23-52(49)63(53)46-18-8-3-9-19-46/h1-36H/i3D,8D,9D,18D,19D. The van der Waals surface area contributed by atoms with Crippen molar-refractivity contribution in [3.8, 4) is 73.9 Å². The molecule has 0 aliphatic heterocycles. The Balaban J connectivity index is 1.05. The highest BCUT2D eigenvalue weighted by Gasteiger charge is 2.23. The Morgan fingerprint density at radius 2 is 0.891 bits per heavy atom. The molecule has 0 amide bonds. The van der Waals surface area contributed by atoms with Gasteiger partial charge in [0, 0.05) is 43.9 Å². The Morgan fingerprint density at radius 3 is 1.48 bits per heavy atom. The molecular formula is C58H36N6. The Kier molecular flexibility index (Phi) is 7.58. The normalized spacial score (nSPS) is 12.5. The van der Waals surface area contributed by atoms with E-state index >= 15 is 0 Å². The first kappa shape index (κ1) is 31.9. The van der Waals surface area contributed by atoms with E-state index in [0.717, 1.165) is 66.0 Å². The number of hydrogen-bond donors (Lipinski definition) is 0. The molecule has 6 nitrogen and oxygen atoms in total. The molecule has 64 heavy (non-hydrogen) atoms. The van der Waals surface area contributed by atoms with Crippen molar-refractivity contribution < 1.29 is 6.85 Å². The van der Waals surface area contributed by atoms with Crippen LogP contribution in [0.4, 0.5) is 0 Å². The van der Waals surface area contributed by atoms with E-state index in [2.05, 4.69) is 65.2 Å². The second kappa shape index (κ2) is 15.2. The smallest absolute Gasteiger partial charge is 0.164 e. The lowest BCUT2D eigenvalue weighted by molar-refractivity contribution is 1.07. The molecule has 3 heterocycles. The van der Waals surface area contributed by atoms with Crippen LogP contribution in [0.1, 0.15) is 12.4 Å². The summed E-state index contributed by atoms with van der Waals surface area (Å²) in [5, 5.41) is 14.6. The first-order valence-corrected chi connectivity index (χ1v) is 20.9. The van der Waals surface area contributed by atoms with Crippen molar-refractivity contribution in [2.75, 3.05) is 0 Å². The fourth-order valence-corrected chi connectivity index (χ4v) is 8.96. The lowest BCUT2D eigenvalue weighted by Gasteiger charge is -2.13. The van der Waals surface area contributed by atoms with Gasteiger partial charge in [0.25, 0.3) is 0 Å². The van der Waals surface area contributed by atoms with Crippen LogP contribution in [-0.2, 0) is 0 Å². The summed E-state index contributed by atoms with van der Waals surface area (Å²) in [6.45, 7) is 0. The molecule has 0 aliphatic carbocycles. The molecule has 9 aromatic carbocycles. The fourth-order valence-electron chi connectivity index (χ4n) is 8.96. The van der Waals surface area contributed by atoms with Gasteiger partial charge in [0.1, 0.15) is 6.07 Å². The molecule has 0 saturated carbocycles.